The molecular formula is C17H11BrO. The fraction of sp³-hybridized carbons (Fsp3) is 0. The first-order valence-electron chi connectivity index (χ1n) is 6.02. The average molecular weight is 311 g/mol. The molecule has 19 heavy (non-hydrogen) atoms. The molecule has 0 aliphatic heterocycles. The van der Waals surface area contributed by atoms with Crippen LogP contribution in [0.1, 0.15) is 10.4 Å². The van der Waals surface area contributed by atoms with Gasteiger partial charge in [-0.2, -0.15) is 0 Å². The molecule has 0 fully saturated rings. The second-order valence-corrected chi connectivity index (χ2v) is 5.29. The van der Waals surface area contributed by atoms with Crippen LogP contribution in [0.5, 0.6) is 0 Å². The van der Waals surface area contributed by atoms with E-state index in [1.165, 1.54) is 0 Å². The summed E-state index contributed by atoms with van der Waals surface area (Å²) in [4.78, 5) is 11.5. The van der Waals surface area contributed by atoms with E-state index in [2.05, 4.69) is 22.0 Å². The maximum absolute atomic E-state index is 11.5. The SMILES string of the molecule is O=Cc1c(-c2cccc(Br)c2)ccc2ccccc12. The van der Waals surface area contributed by atoms with Gasteiger partial charge in [0.05, 0.1) is 0 Å². The molecule has 2 heteroatoms. The first-order chi connectivity index (χ1) is 9.29. The number of benzene rings is 3. The van der Waals surface area contributed by atoms with E-state index in [1.54, 1.807) is 0 Å². The number of halogens is 1. The van der Waals surface area contributed by atoms with Gasteiger partial charge in [-0.25, -0.2) is 0 Å². The Kier molecular flexibility index (Phi) is 3.18. The molecule has 0 radical (unpaired) electrons. The van der Waals surface area contributed by atoms with Crippen molar-refractivity contribution in [2.75, 3.05) is 0 Å². The minimum atomic E-state index is 0.746. The number of carbonyl (C=O) groups excluding carboxylic acids is 1. The van der Waals surface area contributed by atoms with Gasteiger partial charge in [-0.05, 0) is 34.0 Å². The zero-order valence-electron chi connectivity index (χ0n) is 10.1. The normalized spacial score (nSPS) is 10.6. The van der Waals surface area contributed by atoms with Crippen molar-refractivity contribution >= 4 is 33.0 Å². The lowest BCUT2D eigenvalue weighted by Gasteiger charge is -2.09. The van der Waals surface area contributed by atoms with Crippen molar-refractivity contribution in [1.29, 1.82) is 0 Å². The van der Waals surface area contributed by atoms with Crippen LogP contribution in [0.2, 0.25) is 0 Å². The molecule has 0 unspecified atom stereocenters. The van der Waals surface area contributed by atoms with E-state index in [0.717, 1.165) is 38.2 Å². The van der Waals surface area contributed by atoms with Gasteiger partial charge in [-0.1, -0.05) is 64.5 Å². The van der Waals surface area contributed by atoms with Crippen molar-refractivity contribution in [2.24, 2.45) is 0 Å². The molecule has 0 atom stereocenters. The van der Waals surface area contributed by atoms with Crippen LogP contribution in [-0.2, 0) is 0 Å². The molecule has 1 nitrogen and oxygen atoms in total. The minimum absolute atomic E-state index is 0.746. The van der Waals surface area contributed by atoms with Crippen LogP contribution >= 0.6 is 15.9 Å². The highest BCUT2D eigenvalue weighted by Gasteiger charge is 2.08. The number of hydrogen-bond donors (Lipinski definition) is 0. The summed E-state index contributed by atoms with van der Waals surface area (Å²) < 4.78 is 1.01. The first-order valence-corrected chi connectivity index (χ1v) is 6.82. The highest BCUT2D eigenvalue weighted by atomic mass is 79.9. The van der Waals surface area contributed by atoms with Crippen LogP contribution in [0.15, 0.2) is 65.1 Å². The molecule has 0 amide bonds. The molecule has 0 heterocycles. The molecule has 0 spiro atoms. The Morgan fingerprint density at radius 1 is 0.895 bits per heavy atom. The molecule has 0 saturated carbocycles. The third-order valence-electron chi connectivity index (χ3n) is 3.22. The molecular weight excluding hydrogens is 300 g/mol. The predicted octanol–water partition coefficient (Wildman–Crippen LogP) is 5.08. The summed E-state index contributed by atoms with van der Waals surface area (Å²) in [5.41, 5.74) is 2.76. The Balaban J connectivity index is 2.32. The fourth-order valence-corrected chi connectivity index (χ4v) is 2.73. The van der Waals surface area contributed by atoms with E-state index in [4.69, 9.17) is 0 Å². The number of fused-ring (bicyclic) bond motifs is 1. The fourth-order valence-electron chi connectivity index (χ4n) is 2.33. The van der Waals surface area contributed by atoms with Crippen molar-refractivity contribution < 1.29 is 4.79 Å². The number of rotatable bonds is 2. The second-order valence-electron chi connectivity index (χ2n) is 4.38. The topological polar surface area (TPSA) is 17.1 Å². The second kappa shape index (κ2) is 4.98. The van der Waals surface area contributed by atoms with Crippen LogP contribution in [0.3, 0.4) is 0 Å². The number of hydrogen-bond acceptors (Lipinski definition) is 1. The zero-order valence-corrected chi connectivity index (χ0v) is 11.7. The third kappa shape index (κ3) is 2.20. The Labute approximate surface area is 120 Å². The molecule has 0 N–H and O–H groups in total. The summed E-state index contributed by atoms with van der Waals surface area (Å²) in [5, 5.41) is 2.08. The lowest BCUT2D eigenvalue weighted by molar-refractivity contribution is 0.112. The van der Waals surface area contributed by atoms with Crippen molar-refractivity contribution in [3.05, 3.63) is 70.7 Å². The molecule has 0 aromatic heterocycles. The maximum Gasteiger partial charge on any atom is 0.151 e. The lowest BCUT2D eigenvalue weighted by atomic mass is 9.95. The van der Waals surface area contributed by atoms with Gasteiger partial charge < -0.3 is 0 Å². The number of carbonyl (C=O) groups is 1. The van der Waals surface area contributed by atoms with Crippen molar-refractivity contribution in [3.63, 3.8) is 0 Å². The van der Waals surface area contributed by atoms with Crippen LogP contribution in [0, 0.1) is 0 Å². The van der Waals surface area contributed by atoms with E-state index < -0.39 is 0 Å². The van der Waals surface area contributed by atoms with Gasteiger partial charge in [-0.3, -0.25) is 4.79 Å². The summed E-state index contributed by atoms with van der Waals surface area (Å²) in [6, 6.07) is 20.0. The largest absolute Gasteiger partial charge is 0.298 e. The lowest BCUT2D eigenvalue weighted by Crippen LogP contribution is -1.90. The summed E-state index contributed by atoms with van der Waals surface area (Å²) >= 11 is 3.47. The minimum Gasteiger partial charge on any atom is -0.298 e. The molecule has 0 saturated heterocycles. The van der Waals surface area contributed by atoms with E-state index in [0.29, 0.717) is 0 Å². The predicted molar refractivity (Wildman–Crippen MR) is 82.5 cm³/mol. The van der Waals surface area contributed by atoms with Crippen LogP contribution < -0.4 is 0 Å². The van der Waals surface area contributed by atoms with Crippen molar-refractivity contribution in [3.8, 4) is 11.1 Å². The first kappa shape index (κ1) is 12.1. The van der Waals surface area contributed by atoms with E-state index in [-0.39, 0.29) is 0 Å². The Morgan fingerprint density at radius 3 is 2.53 bits per heavy atom. The Hall–Kier alpha value is -1.93. The van der Waals surface area contributed by atoms with Crippen molar-refractivity contribution in [1.82, 2.24) is 0 Å². The summed E-state index contributed by atoms with van der Waals surface area (Å²) in [7, 11) is 0. The Morgan fingerprint density at radius 2 is 1.74 bits per heavy atom. The van der Waals surface area contributed by atoms with Gasteiger partial charge in [0.1, 0.15) is 0 Å². The van der Waals surface area contributed by atoms with Crippen LogP contribution in [0.25, 0.3) is 21.9 Å². The molecule has 3 aromatic carbocycles. The van der Waals surface area contributed by atoms with Gasteiger partial charge in [0.15, 0.2) is 6.29 Å². The van der Waals surface area contributed by atoms with Gasteiger partial charge in [0, 0.05) is 10.0 Å². The van der Waals surface area contributed by atoms with E-state index in [9.17, 15) is 4.79 Å². The van der Waals surface area contributed by atoms with E-state index >= 15 is 0 Å². The summed E-state index contributed by atoms with van der Waals surface area (Å²) in [6.07, 6.45) is 0.943. The smallest absolute Gasteiger partial charge is 0.151 e. The zero-order chi connectivity index (χ0) is 13.2. The summed E-state index contributed by atoms with van der Waals surface area (Å²) in [6.45, 7) is 0. The van der Waals surface area contributed by atoms with Gasteiger partial charge in [0.2, 0.25) is 0 Å². The molecule has 3 rings (SSSR count). The van der Waals surface area contributed by atoms with Crippen LogP contribution in [-0.4, -0.2) is 6.29 Å². The monoisotopic (exact) mass is 310 g/mol. The molecule has 92 valence electrons. The number of aldehydes is 1. The highest BCUT2D eigenvalue weighted by Crippen LogP contribution is 2.30. The van der Waals surface area contributed by atoms with Gasteiger partial charge >= 0.3 is 0 Å². The third-order valence-corrected chi connectivity index (χ3v) is 3.72. The highest BCUT2D eigenvalue weighted by molar-refractivity contribution is 9.10. The molecule has 0 aliphatic rings. The van der Waals surface area contributed by atoms with Gasteiger partial charge in [-0.15, -0.1) is 0 Å². The quantitative estimate of drug-likeness (QED) is 0.603. The molecule has 3 aromatic rings. The molecule has 0 bridgehead atoms. The summed E-state index contributed by atoms with van der Waals surface area (Å²) in [5.74, 6) is 0. The average Bonchev–Trinajstić information content (AvgIpc) is 2.46. The molecule has 0 aliphatic carbocycles. The standard InChI is InChI=1S/C17H11BrO/c18-14-6-3-5-13(10-14)16-9-8-12-4-1-2-7-15(12)17(16)11-19/h1-11H. The van der Waals surface area contributed by atoms with E-state index in [1.807, 2.05) is 54.6 Å². The Bertz CT molecular complexity index is 762. The van der Waals surface area contributed by atoms with Crippen LogP contribution in [0.4, 0.5) is 0 Å². The van der Waals surface area contributed by atoms with Gasteiger partial charge in [0.25, 0.3) is 0 Å². The maximum atomic E-state index is 11.5. The van der Waals surface area contributed by atoms with Crippen molar-refractivity contribution in [2.45, 2.75) is 0 Å².